The molecule has 1 aliphatic rings. The van der Waals surface area contributed by atoms with E-state index in [1.165, 1.54) is 27.6 Å². The first-order chi connectivity index (χ1) is 15.8. The molecule has 2 heterocycles. The van der Waals surface area contributed by atoms with Crippen LogP contribution in [0.5, 0.6) is 0 Å². The van der Waals surface area contributed by atoms with Crippen molar-refractivity contribution in [2.24, 2.45) is 0 Å². The van der Waals surface area contributed by atoms with Gasteiger partial charge in [0.1, 0.15) is 0 Å². The van der Waals surface area contributed by atoms with Crippen LogP contribution in [0.1, 0.15) is 29.0 Å². The van der Waals surface area contributed by atoms with Crippen molar-refractivity contribution in [3.05, 3.63) is 108 Å². The van der Waals surface area contributed by atoms with Gasteiger partial charge in [0.05, 0.1) is 13.2 Å². The maximum Gasteiger partial charge on any atom is 0.223 e. The van der Waals surface area contributed by atoms with E-state index < -0.39 is 0 Å². The predicted octanol–water partition coefficient (Wildman–Crippen LogP) is 5.07. The van der Waals surface area contributed by atoms with Gasteiger partial charge in [-0.05, 0) is 22.8 Å². The van der Waals surface area contributed by atoms with Gasteiger partial charge in [0.2, 0.25) is 5.91 Å². The number of fused-ring (bicyclic) bond motifs is 1. The minimum Gasteiger partial charge on any atom is -0.378 e. The van der Waals surface area contributed by atoms with E-state index in [1.807, 2.05) is 17.0 Å². The highest BCUT2D eigenvalue weighted by molar-refractivity contribution is 5.87. The maximum atomic E-state index is 13.3. The molecule has 0 spiro atoms. The number of hydrogen-bond acceptors (Lipinski definition) is 2. The summed E-state index contributed by atoms with van der Waals surface area (Å²) in [5.41, 5.74) is 4.85. The van der Waals surface area contributed by atoms with Crippen LogP contribution in [0, 0.1) is 0 Å². The summed E-state index contributed by atoms with van der Waals surface area (Å²) >= 11 is 0. The van der Waals surface area contributed by atoms with Crippen LogP contribution in [0.15, 0.2) is 91.1 Å². The summed E-state index contributed by atoms with van der Waals surface area (Å²) in [6, 6.07) is 29.5. The fourth-order valence-electron chi connectivity index (χ4n) is 4.67. The molecule has 1 atom stereocenters. The van der Waals surface area contributed by atoms with Crippen molar-refractivity contribution in [2.45, 2.75) is 18.9 Å². The predicted molar refractivity (Wildman–Crippen MR) is 128 cm³/mol. The standard InChI is InChI=1S/C28H28N2O2/c31-28(29-15-17-32-18-16-29)19-25(23-11-5-2-6-12-23)26-21-30(20-22-9-3-1-4-10-22)27-14-8-7-13-24(26)27/h1-14,21,25H,15-20H2. The average molecular weight is 425 g/mol. The number of hydrogen-bond donors (Lipinski definition) is 0. The first-order valence-corrected chi connectivity index (χ1v) is 11.3. The Hall–Kier alpha value is -3.37. The molecule has 0 saturated carbocycles. The first kappa shape index (κ1) is 20.5. The monoisotopic (exact) mass is 424 g/mol. The van der Waals surface area contributed by atoms with E-state index in [1.54, 1.807) is 0 Å². The van der Waals surface area contributed by atoms with E-state index in [0.29, 0.717) is 32.7 Å². The Morgan fingerprint density at radius 1 is 0.844 bits per heavy atom. The lowest BCUT2D eigenvalue weighted by molar-refractivity contribution is -0.135. The van der Waals surface area contributed by atoms with Crippen LogP contribution in [0.3, 0.4) is 0 Å². The van der Waals surface area contributed by atoms with Crippen molar-refractivity contribution in [1.82, 2.24) is 9.47 Å². The van der Waals surface area contributed by atoms with Crippen molar-refractivity contribution >= 4 is 16.8 Å². The summed E-state index contributed by atoms with van der Waals surface area (Å²) in [7, 11) is 0. The fourth-order valence-corrected chi connectivity index (χ4v) is 4.67. The minimum absolute atomic E-state index is 0.00784. The van der Waals surface area contributed by atoms with Gasteiger partial charge >= 0.3 is 0 Å². The molecule has 1 aliphatic heterocycles. The second-order valence-electron chi connectivity index (χ2n) is 8.38. The van der Waals surface area contributed by atoms with Gasteiger partial charge in [0, 0.05) is 49.1 Å². The van der Waals surface area contributed by atoms with Gasteiger partial charge in [-0.2, -0.15) is 0 Å². The number of benzene rings is 3. The van der Waals surface area contributed by atoms with E-state index in [9.17, 15) is 4.79 Å². The Kier molecular flexibility index (Phi) is 6.04. The van der Waals surface area contributed by atoms with Crippen LogP contribution in [-0.4, -0.2) is 41.7 Å². The van der Waals surface area contributed by atoms with Crippen LogP contribution in [0.25, 0.3) is 10.9 Å². The van der Waals surface area contributed by atoms with Gasteiger partial charge in [0.15, 0.2) is 0 Å². The molecule has 1 fully saturated rings. The summed E-state index contributed by atoms with van der Waals surface area (Å²) in [4.78, 5) is 15.2. The van der Waals surface area contributed by atoms with Gasteiger partial charge in [-0.1, -0.05) is 78.9 Å². The topological polar surface area (TPSA) is 34.5 Å². The van der Waals surface area contributed by atoms with Crippen molar-refractivity contribution in [2.75, 3.05) is 26.3 Å². The molecule has 4 nitrogen and oxygen atoms in total. The molecule has 1 aromatic heterocycles. The molecule has 162 valence electrons. The zero-order chi connectivity index (χ0) is 21.8. The van der Waals surface area contributed by atoms with Crippen LogP contribution in [-0.2, 0) is 16.1 Å². The highest BCUT2D eigenvalue weighted by atomic mass is 16.5. The van der Waals surface area contributed by atoms with Crippen molar-refractivity contribution in [3.8, 4) is 0 Å². The van der Waals surface area contributed by atoms with Gasteiger partial charge in [-0.3, -0.25) is 4.79 Å². The zero-order valence-electron chi connectivity index (χ0n) is 18.2. The number of rotatable bonds is 6. The normalized spacial score (nSPS) is 15.1. The van der Waals surface area contributed by atoms with Gasteiger partial charge in [-0.25, -0.2) is 0 Å². The molecule has 5 rings (SSSR count). The fraction of sp³-hybridized carbons (Fsp3) is 0.250. The number of carbonyl (C=O) groups excluding carboxylic acids is 1. The summed E-state index contributed by atoms with van der Waals surface area (Å²) in [6.45, 7) is 3.41. The molecule has 0 N–H and O–H groups in total. The highest BCUT2D eigenvalue weighted by Gasteiger charge is 2.26. The summed E-state index contributed by atoms with van der Waals surface area (Å²) in [6.07, 6.45) is 2.71. The Morgan fingerprint density at radius 3 is 2.25 bits per heavy atom. The lowest BCUT2D eigenvalue weighted by Crippen LogP contribution is -2.41. The molecule has 1 saturated heterocycles. The smallest absolute Gasteiger partial charge is 0.223 e. The zero-order valence-corrected chi connectivity index (χ0v) is 18.2. The molecule has 1 amide bonds. The molecule has 32 heavy (non-hydrogen) atoms. The van der Waals surface area contributed by atoms with E-state index >= 15 is 0 Å². The third kappa shape index (κ3) is 4.32. The van der Waals surface area contributed by atoms with Crippen LogP contribution in [0.4, 0.5) is 0 Å². The molecule has 3 aromatic carbocycles. The third-order valence-corrected chi connectivity index (χ3v) is 6.34. The van der Waals surface area contributed by atoms with Crippen molar-refractivity contribution in [1.29, 1.82) is 0 Å². The number of nitrogens with zero attached hydrogens (tertiary/aromatic N) is 2. The quantitative estimate of drug-likeness (QED) is 0.433. The summed E-state index contributed by atoms with van der Waals surface area (Å²) < 4.78 is 7.76. The maximum absolute atomic E-state index is 13.3. The molecule has 0 radical (unpaired) electrons. The molecule has 4 aromatic rings. The lowest BCUT2D eigenvalue weighted by Gasteiger charge is -2.28. The second kappa shape index (κ2) is 9.41. The molecule has 0 bridgehead atoms. The number of aromatic nitrogens is 1. The van der Waals surface area contributed by atoms with E-state index in [0.717, 1.165) is 6.54 Å². The van der Waals surface area contributed by atoms with E-state index in [4.69, 9.17) is 4.74 Å². The largest absolute Gasteiger partial charge is 0.378 e. The Labute approximate surface area is 189 Å². The molecule has 0 aliphatic carbocycles. The minimum atomic E-state index is 0.00784. The molecule has 4 heteroatoms. The Morgan fingerprint density at radius 2 is 1.50 bits per heavy atom. The second-order valence-corrected chi connectivity index (χ2v) is 8.38. The van der Waals surface area contributed by atoms with Crippen LogP contribution < -0.4 is 0 Å². The molecular weight excluding hydrogens is 396 g/mol. The van der Waals surface area contributed by atoms with Gasteiger partial charge < -0.3 is 14.2 Å². The molecular formula is C28H28N2O2. The average Bonchev–Trinajstić information content (AvgIpc) is 3.22. The lowest BCUT2D eigenvalue weighted by atomic mass is 9.88. The highest BCUT2D eigenvalue weighted by Crippen LogP contribution is 2.35. The summed E-state index contributed by atoms with van der Waals surface area (Å²) in [5, 5.41) is 1.21. The van der Waals surface area contributed by atoms with E-state index in [2.05, 4.69) is 83.6 Å². The number of carbonyl (C=O) groups is 1. The van der Waals surface area contributed by atoms with Gasteiger partial charge in [0.25, 0.3) is 0 Å². The SMILES string of the molecule is O=C(CC(c1ccccc1)c1cn(Cc2ccccc2)c2ccccc12)N1CCOCC1. The number of amides is 1. The molecule has 1 unspecified atom stereocenters. The van der Waals surface area contributed by atoms with Crippen LogP contribution >= 0.6 is 0 Å². The third-order valence-electron chi connectivity index (χ3n) is 6.34. The number of ether oxygens (including phenoxy) is 1. The number of para-hydroxylation sites is 1. The Bertz CT molecular complexity index is 1180. The van der Waals surface area contributed by atoms with Crippen molar-refractivity contribution < 1.29 is 9.53 Å². The van der Waals surface area contributed by atoms with Crippen molar-refractivity contribution in [3.63, 3.8) is 0 Å². The van der Waals surface area contributed by atoms with E-state index in [-0.39, 0.29) is 11.8 Å². The van der Waals surface area contributed by atoms with Gasteiger partial charge in [-0.15, -0.1) is 0 Å². The first-order valence-electron chi connectivity index (χ1n) is 11.3. The Balaban J connectivity index is 1.55. The number of morpholine rings is 1. The summed E-state index contributed by atoms with van der Waals surface area (Å²) in [5.74, 6) is 0.204. The van der Waals surface area contributed by atoms with Crippen LogP contribution in [0.2, 0.25) is 0 Å².